The summed E-state index contributed by atoms with van der Waals surface area (Å²) >= 11 is 6.23. The third kappa shape index (κ3) is 3.88. The van der Waals surface area contributed by atoms with Crippen LogP contribution in [-0.2, 0) is 17.9 Å². The van der Waals surface area contributed by atoms with Gasteiger partial charge in [-0.25, -0.2) is 4.98 Å². The molecule has 3 aromatic rings. The van der Waals surface area contributed by atoms with Gasteiger partial charge in [0.25, 0.3) is 5.91 Å². The summed E-state index contributed by atoms with van der Waals surface area (Å²) in [5.41, 5.74) is 1.43. The van der Waals surface area contributed by atoms with Crippen molar-refractivity contribution in [2.45, 2.75) is 64.7 Å². The summed E-state index contributed by atoms with van der Waals surface area (Å²) in [6.07, 6.45) is 3.26. The molecule has 2 aliphatic rings. The molecule has 2 heterocycles. The van der Waals surface area contributed by atoms with Crippen LogP contribution in [-0.4, -0.2) is 37.8 Å². The fraction of sp³-hybridized carbons (Fsp3) is 0.444. The van der Waals surface area contributed by atoms with E-state index in [-0.39, 0.29) is 24.4 Å². The zero-order chi connectivity index (χ0) is 24.0. The molecule has 34 heavy (non-hydrogen) atoms. The number of imidazole rings is 1. The lowest BCUT2D eigenvalue weighted by molar-refractivity contribution is -0.134. The molecule has 1 N–H and O–H groups in total. The minimum Gasteiger partial charge on any atom is -0.351 e. The van der Waals surface area contributed by atoms with E-state index in [9.17, 15) is 9.59 Å². The zero-order valence-electron chi connectivity index (χ0n) is 19.9. The van der Waals surface area contributed by atoms with Crippen molar-refractivity contribution >= 4 is 34.4 Å². The lowest BCUT2D eigenvalue weighted by atomic mass is 9.77. The molecule has 2 aromatic carbocycles. The SMILES string of the molecule is CC1CCCC(NC(=O)C2(C)Cn3c(nc4ccccc43)C(=O)N2Cc2cccc(Cl)c2)C1C. The van der Waals surface area contributed by atoms with Crippen molar-refractivity contribution in [3.63, 3.8) is 0 Å². The molecule has 1 aliphatic carbocycles. The van der Waals surface area contributed by atoms with Crippen LogP contribution < -0.4 is 5.32 Å². The third-order valence-electron chi connectivity index (χ3n) is 7.89. The molecule has 1 fully saturated rings. The molecule has 0 saturated heterocycles. The van der Waals surface area contributed by atoms with E-state index in [1.165, 1.54) is 6.42 Å². The summed E-state index contributed by atoms with van der Waals surface area (Å²) in [6, 6.07) is 15.2. The number of amides is 2. The minimum atomic E-state index is -1.07. The largest absolute Gasteiger partial charge is 0.351 e. The molecule has 4 atom stereocenters. The van der Waals surface area contributed by atoms with Gasteiger partial charge in [-0.2, -0.15) is 0 Å². The molecule has 1 aromatic heterocycles. The summed E-state index contributed by atoms with van der Waals surface area (Å²) in [5.74, 6) is 0.966. The number of fused-ring (bicyclic) bond motifs is 3. The normalized spacial score (nSPS) is 27.0. The second-order valence-corrected chi connectivity index (χ2v) is 10.6. The second-order valence-electron chi connectivity index (χ2n) is 10.2. The summed E-state index contributed by atoms with van der Waals surface area (Å²) in [7, 11) is 0. The Morgan fingerprint density at radius 1 is 1.18 bits per heavy atom. The van der Waals surface area contributed by atoms with E-state index in [1.54, 1.807) is 11.0 Å². The molecular formula is C27H31ClN4O2. The van der Waals surface area contributed by atoms with Crippen LogP contribution in [0.3, 0.4) is 0 Å². The summed E-state index contributed by atoms with van der Waals surface area (Å²) in [5, 5.41) is 3.94. The van der Waals surface area contributed by atoms with Gasteiger partial charge in [0.1, 0.15) is 5.54 Å². The van der Waals surface area contributed by atoms with Crippen LogP contribution in [0.25, 0.3) is 11.0 Å². The summed E-state index contributed by atoms with van der Waals surface area (Å²) in [4.78, 5) is 34.1. The van der Waals surface area contributed by atoms with Gasteiger partial charge >= 0.3 is 0 Å². The Balaban J connectivity index is 1.55. The van der Waals surface area contributed by atoms with E-state index in [1.807, 2.05) is 54.0 Å². The van der Waals surface area contributed by atoms with E-state index in [0.29, 0.717) is 29.2 Å². The molecule has 7 heteroatoms. The number of halogens is 1. The maximum Gasteiger partial charge on any atom is 0.291 e. The fourth-order valence-electron chi connectivity index (χ4n) is 5.51. The van der Waals surface area contributed by atoms with Gasteiger partial charge in [-0.3, -0.25) is 9.59 Å². The van der Waals surface area contributed by atoms with Crippen LogP contribution in [0.5, 0.6) is 0 Å². The predicted molar refractivity (Wildman–Crippen MR) is 134 cm³/mol. The topological polar surface area (TPSA) is 67.2 Å². The smallest absolute Gasteiger partial charge is 0.291 e. The first-order valence-corrected chi connectivity index (χ1v) is 12.5. The number of benzene rings is 2. The van der Waals surface area contributed by atoms with Crippen LogP contribution in [0.2, 0.25) is 5.02 Å². The van der Waals surface area contributed by atoms with E-state index in [0.717, 1.165) is 29.4 Å². The van der Waals surface area contributed by atoms with Gasteiger partial charge in [0.2, 0.25) is 5.91 Å². The molecule has 5 rings (SSSR count). The summed E-state index contributed by atoms with van der Waals surface area (Å²) in [6.45, 7) is 6.97. The van der Waals surface area contributed by atoms with Crippen molar-refractivity contribution in [3.05, 3.63) is 64.9 Å². The van der Waals surface area contributed by atoms with E-state index >= 15 is 0 Å². The maximum atomic E-state index is 14.0. The van der Waals surface area contributed by atoms with Gasteiger partial charge in [0.15, 0.2) is 5.82 Å². The molecule has 1 aliphatic heterocycles. The number of aromatic nitrogens is 2. The Kier molecular flexibility index (Phi) is 5.88. The third-order valence-corrected chi connectivity index (χ3v) is 8.13. The quantitative estimate of drug-likeness (QED) is 0.570. The number of nitrogens with zero attached hydrogens (tertiary/aromatic N) is 3. The van der Waals surface area contributed by atoms with Gasteiger partial charge in [0, 0.05) is 17.6 Å². The van der Waals surface area contributed by atoms with Gasteiger partial charge in [-0.05, 0) is 55.0 Å². The highest BCUT2D eigenvalue weighted by molar-refractivity contribution is 6.30. The Bertz CT molecular complexity index is 1250. The Hall–Kier alpha value is -2.86. The number of hydrogen-bond donors (Lipinski definition) is 1. The summed E-state index contributed by atoms with van der Waals surface area (Å²) < 4.78 is 1.90. The number of rotatable bonds is 4. The molecule has 1 saturated carbocycles. The Morgan fingerprint density at radius 2 is 1.97 bits per heavy atom. The van der Waals surface area contributed by atoms with Crippen molar-refractivity contribution in [1.82, 2.24) is 19.8 Å². The first-order chi connectivity index (χ1) is 16.3. The maximum absolute atomic E-state index is 14.0. The Labute approximate surface area is 205 Å². The van der Waals surface area contributed by atoms with Crippen molar-refractivity contribution in [2.24, 2.45) is 11.8 Å². The standard InChI is InChI=1S/C27H31ClN4O2/c1-17-8-6-12-21(18(17)2)30-26(34)27(3)16-31-23-13-5-4-11-22(23)29-24(31)25(33)32(27)15-19-9-7-10-20(28)14-19/h4-5,7,9-11,13-14,17-18,21H,6,8,12,15-16H2,1-3H3,(H,30,34). The van der Waals surface area contributed by atoms with E-state index in [4.69, 9.17) is 11.6 Å². The average Bonchev–Trinajstić information content (AvgIpc) is 3.18. The molecule has 2 amide bonds. The minimum absolute atomic E-state index is 0.108. The number of carbonyl (C=O) groups excluding carboxylic acids is 2. The molecule has 0 bridgehead atoms. The molecule has 0 spiro atoms. The van der Waals surface area contributed by atoms with Crippen LogP contribution in [0, 0.1) is 11.8 Å². The molecule has 178 valence electrons. The molecule has 4 unspecified atom stereocenters. The monoisotopic (exact) mass is 478 g/mol. The highest BCUT2D eigenvalue weighted by Gasteiger charge is 2.49. The molecule has 0 radical (unpaired) electrons. The molecule has 6 nitrogen and oxygen atoms in total. The number of hydrogen-bond acceptors (Lipinski definition) is 3. The van der Waals surface area contributed by atoms with E-state index in [2.05, 4.69) is 24.1 Å². The number of carbonyl (C=O) groups is 2. The van der Waals surface area contributed by atoms with Gasteiger partial charge < -0.3 is 14.8 Å². The molecular weight excluding hydrogens is 448 g/mol. The van der Waals surface area contributed by atoms with Crippen molar-refractivity contribution in [2.75, 3.05) is 0 Å². The second kappa shape index (κ2) is 8.73. The fourth-order valence-corrected chi connectivity index (χ4v) is 5.72. The highest BCUT2D eigenvalue weighted by atomic mass is 35.5. The first kappa shape index (κ1) is 22.9. The lowest BCUT2D eigenvalue weighted by Crippen LogP contribution is -2.65. The van der Waals surface area contributed by atoms with Crippen LogP contribution >= 0.6 is 11.6 Å². The number of para-hydroxylation sites is 2. The lowest BCUT2D eigenvalue weighted by Gasteiger charge is -2.45. The van der Waals surface area contributed by atoms with Crippen LogP contribution in [0.15, 0.2) is 48.5 Å². The van der Waals surface area contributed by atoms with Gasteiger partial charge in [-0.15, -0.1) is 0 Å². The first-order valence-electron chi connectivity index (χ1n) is 12.1. The van der Waals surface area contributed by atoms with Crippen molar-refractivity contribution in [1.29, 1.82) is 0 Å². The number of nitrogens with one attached hydrogen (secondary N) is 1. The van der Waals surface area contributed by atoms with Crippen LogP contribution in [0.4, 0.5) is 0 Å². The van der Waals surface area contributed by atoms with Gasteiger partial charge in [-0.1, -0.05) is 62.6 Å². The highest BCUT2D eigenvalue weighted by Crippen LogP contribution is 2.34. The predicted octanol–water partition coefficient (Wildman–Crippen LogP) is 5.05. The van der Waals surface area contributed by atoms with Crippen molar-refractivity contribution in [3.8, 4) is 0 Å². The van der Waals surface area contributed by atoms with Crippen molar-refractivity contribution < 1.29 is 9.59 Å². The zero-order valence-corrected chi connectivity index (χ0v) is 20.7. The van der Waals surface area contributed by atoms with E-state index < -0.39 is 5.54 Å². The average molecular weight is 479 g/mol. The Morgan fingerprint density at radius 3 is 2.76 bits per heavy atom. The van der Waals surface area contributed by atoms with Crippen LogP contribution in [0.1, 0.15) is 56.2 Å². The van der Waals surface area contributed by atoms with Gasteiger partial charge in [0.05, 0.1) is 17.6 Å².